The van der Waals surface area contributed by atoms with E-state index in [1.54, 1.807) is 32.9 Å². The van der Waals surface area contributed by atoms with E-state index in [4.69, 9.17) is 4.74 Å². The van der Waals surface area contributed by atoms with Crippen molar-refractivity contribution < 1.29 is 24.5 Å². The van der Waals surface area contributed by atoms with Gasteiger partial charge in [-0.3, -0.25) is 0 Å². The normalized spacial score (nSPS) is 14.0. The molecule has 0 radical (unpaired) electrons. The minimum atomic E-state index is -1.48. The number of carbonyl (C=O) groups excluding carboxylic acids is 1. The van der Waals surface area contributed by atoms with Crippen LogP contribution in [-0.4, -0.2) is 33.9 Å². The van der Waals surface area contributed by atoms with Gasteiger partial charge < -0.3 is 20.3 Å². The lowest BCUT2D eigenvalue weighted by atomic mass is 10.0. The fourth-order valence-electron chi connectivity index (χ4n) is 1.85. The number of rotatable bonds is 5. The maximum Gasteiger partial charge on any atom is 0.408 e. The first-order valence-electron chi connectivity index (χ1n) is 7.13. The summed E-state index contributed by atoms with van der Waals surface area (Å²) in [6.07, 6.45) is -1.41. The number of alkyl carbamates (subject to hydrolysis) is 1. The first-order chi connectivity index (χ1) is 10.1. The number of hydrogen-bond acceptors (Lipinski definition) is 4. The fraction of sp³-hybridized carbons (Fsp3) is 0.500. The van der Waals surface area contributed by atoms with Crippen LogP contribution in [0.2, 0.25) is 0 Å². The summed E-state index contributed by atoms with van der Waals surface area (Å²) >= 11 is 0. The van der Waals surface area contributed by atoms with Crippen LogP contribution < -0.4 is 5.32 Å². The highest BCUT2D eigenvalue weighted by molar-refractivity contribution is 5.80. The Hall–Kier alpha value is -2.08. The molecule has 0 saturated heterocycles. The number of carboxylic acid groups (broad SMARTS) is 1. The van der Waals surface area contributed by atoms with Crippen LogP contribution in [0.4, 0.5) is 4.79 Å². The molecule has 2 unspecified atom stereocenters. The smallest absolute Gasteiger partial charge is 0.408 e. The van der Waals surface area contributed by atoms with E-state index in [1.165, 1.54) is 0 Å². The van der Waals surface area contributed by atoms with Crippen molar-refractivity contribution in [3.05, 3.63) is 35.4 Å². The van der Waals surface area contributed by atoms with Gasteiger partial charge in [0, 0.05) is 0 Å². The van der Waals surface area contributed by atoms with Crippen LogP contribution in [0.15, 0.2) is 24.3 Å². The molecular formula is C16H23NO5. The molecule has 1 aromatic carbocycles. The Labute approximate surface area is 130 Å². The molecule has 22 heavy (non-hydrogen) atoms. The summed E-state index contributed by atoms with van der Waals surface area (Å²) in [4.78, 5) is 23.0. The summed E-state index contributed by atoms with van der Waals surface area (Å²) in [5, 5.41) is 21.6. The standard InChI is InChI=1S/C16H23NO5/c1-5-10-6-8-11(9-7-10)13(18)12(14(19)20)17-15(21)22-16(2,3)4/h6-9,12-13,18H,5H2,1-4H3,(H,17,21)(H,19,20). The molecule has 0 aromatic heterocycles. The third kappa shape index (κ3) is 5.37. The van der Waals surface area contributed by atoms with Gasteiger partial charge in [-0.1, -0.05) is 31.2 Å². The number of carboxylic acids is 1. The van der Waals surface area contributed by atoms with Crippen molar-refractivity contribution in [2.75, 3.05) is 0 Å². The Morgan fingerprint density at radius 2 is 1.77 bits per heavy atom. The Balaban J connectivity index is 2.85. The van der Waals surface area contributed by atoms with Crippen molar-refractivity contribution in [1.29, 1.82) is 0 Å². The van der Waals surface area contributed by atoms with E-state index in [9.17, 15) is 19.8 Å². The molecule has 0 aliphatic carbocycles. The van der Waals surface area contributed by atoms with Crippen LogP contribution in [0.5, 0.6) is 0 Å². The van der Waals surface area contributed by atoms with Crippen LogP contribution in [-0.2, 0) is 16.0 Å². The molecule has 0 heterocycles. The summed E-state index contributed by atoms with van der Waals surface area (Å²) in [7, 11) is 0. The number of carbonyl (C=O) groups is 2. The highest BCUT2D eigenvalue weighted by Gasteiger charge is 2.31. The van der Waals surface area contributed by atoms with Gasteiger partial charge in [-0.05, 0) is 38.3 Å². The molecule has 0 saturated carbocycles. The Morgan fingerprint density at radius 3 is 2.18 bits per heavy atom. The quantitative estimate of drug-likeness (QED) is 0.775. The van der Waals surface area contributed by atoms with Crippen molar-refractivity contribution >= 4 is 12.1 Å². The summed E-state index contributed by atoms with van der Waals surface area (Å²) in [6.45, 7) is 7.00. The minimum absolute atomic E-state index is 0.417. The molecule has 3 N–H and O–H groups in total. The van der Waals surface area contributed by atoms with E-state index in [-0.39, 0.29) is 0 Å². The molecule has 0 bridgehead atoms. The Bertz CT molecular complexity index is 518. The van der Waals surface area contributed by atoms with E-state index >= 15 is 0 Å². The van der Waals surface area contributed by atoms with Crippen LogP contribution in [0.1, 0.15) is 44.9 Å². The molecule has 2 atom stereocenters. The number of aliphatic hydroxyl groups is 1. The molecule has 0 spiro atoms. The number of aryl methyl sites for hydroxylation is 1. The molecule has 1 aromatic rings. The average Bonchev–Trinajstić information content (AvgIpc) is 2.42. The minimum Gasteiger partial charge on any atom is -0.480 e. The van der Waals surface area contributed by atoms with Gasteiger partial charge in [0.2, 0.25) is 0 Å². The highest BCUT2D eigenvalue weighted by Crippen LogP contribution is 2.19. The Morgan fingerprint density at radius 1 is 1.23 bits per heavy atom. The van der Waals surface area contributed by atoms with Gasteiger partial charge in [-0.25, -0.2) is 9.59 Å². The second-order valence-corrected chi connectivity index (χ2v) is 6.00. The molecule has 0 aliphatic rings. The zero-order chi connectivity index (χ0) is 16.9. The van der Waals surface area contributed by atoms with Gasteiger partial charge in [0.25, 0.3) is 0 Å². The van der Waals surface area contributed by atoms with E-state index in [2.05, 4.69) is 5.32 Å². The van der Waals surface area contributed by atoms with Crippen molar-refractivity contribution in [2.24, 2.45) is 0 Å². The predicted molar refractivity (Wildman–Crippen MR) is 81.6 cm³/mol. The van der Waals surface area contributed by atoms with Crippen molar-refractivity contribution in [3.63, 3.8) is 0 Å². The second-order valence-electron chi connectivity index (χ2n) is 6.00. The second kappa shape index (κ2) is 7.26. The Kier molecular flexibility index (Phi) is 5.93. The first-order valence-corrected chi connectivity index (χ1v) is 7.13. The molecular weight excluding hydrogens is 286 g/mol. The molecule has 1 rings (SSSR count). The third-order valence-corrected chi connectivity index (χ3v) is 2.98. The number of aliphatic carboxylic acids is 1. The number of amides is 1. The fourth-order valence-corrected chi connectivity index (χ4v) is 1.85. The van der Waals surface area contributed by atoms with Gasteiger partial charge in [-0.15, -0.1) is 0 Å². The zero-order valence-electron chi connectivity index (χ0n) is 13.3. The van der Waals surface area contributed by atoms with E-state index in [1.807, 2.05) is 19.1 Å². The third-order valence-electron chi connectivity index (χ3n) is 2.98. The number of ether oxygens (including phenoxy) is 1. The number of benzene rings is 1. The SMILES string of the molecule is CCc1ccc(C(O)C(NC(=O)OC(C)(C)C)C(=O)O)cc1. The van der Waals surface area contributed by atoms with Gasteiger partial charge in [0.15, 0.2) is 6.04 Å². The molecule has 6 heteroatoms. The highest BCUT2D eigenvalue weighted by atomic mass is 16.6. The molecule has 0 aliphatic heterocycles. The lowest BCUT2D eigenvalue weighted by molar-refractivity contribution is -0.142. The maximum atomic E-state index is 11.7. The van der Waals surface area contributed by atoms with Crippen LogP contribution in [0, 0.1) is 0 Å². The largest absolute Gasteiger partial charge is 0.480 e. The van der Waals surface area contributed by atoms with Crippen LogP contribution in [0.3, 0.4) is 0 Å². The summed E-state index contributed by atoms with van der Waals surface area (Å²) < 4.78 is 5.02. The molecule has 0 fully saturated rings. The summed E-state index contributed by atoms with van der Waals surface area (Å²) in [6, 6.07) is 5.43. The van der Waals surface area contributed by atoms with Gasteiger partial charge in [-0.2, -0.15) is 0 Å². The maximum absolute atomic E-state index is 11.7. The van der Waals surface area contributed by atoms with E-state index in [0.29, 0.717) is 5.56 Å². The van der Waals surface area contributed by atoms with E-state index < -0.39 is 29.8 Å². The lowest BCUT2D eigenvalue weighted by Crippen LogP contribution is -2.46. The first kappa shape index (κ1) is 18.0. The topological polar surface area (TPSA) is 95.9 Å². The van der Waals surface area contributed by atoms with Crippen molar-refractivity contribution in [1.82, 2.24) is 5.32 Å². The monoisotopic (exact) mass is 309 g/mol. The molecule has 6 nitrogen and oxygen atoms in total. The zero-order valence-corrected chi connectivity index (χ0v) is 13.3. The predicted octanol–water partition coefficient (Wildman–Crippen LogP) is 2.26. The van der Waals surface area contributed by atoms with Crippen molar-refractivity contribution in [3.8, 4) is 0 Å². The lowest BCUT2D eigenvalue weighted by Gasteiger charge is -2.24. The number of hydrogen-bond donors (Lipinski definition) is 3. The summed E-state index contributed by atoms with van der Waals surface area (Å²) in [5.74, 6) is -1.34. The average molecular weight is 309 g/mol. The summed E-state index contributed by atoms with van der Waals surface area (Å²) in [5.41, 5.74) is 0.740. The molecule has 1 amide bonds. The van der Waals surface area contributed by atoms with Crippen LogP contribution in [0.25, 0.3) is 0 Å². The van der Waals surface area contributed by atoms with Crippen molar-refractivity contribution in [2.45, 2.75) is 51.9 Å². The molecule has 122 valence electrons. The van der Waals surface area contributed by atoms with Gasteiger partial charge in [0.05, 0.1) is 0 Å². The number of nitrogens with one attached hydrogen (secondary N) is 1. The van der Waals surface area contributed by atoms with Gasteiger partial charge in [0.1, 0.15) is 11.7 Å². The van der Waals surface area contributed by atoms with Crippen LogP contribution >= 0.6 is 0 Å². The van der Waals surface area contributed by atoms with Gasteiger partial charge >= 0.3 is 12.1 Å². The number of aliphatic hydroxyl groups excluding tert-OH is 1. The van der Waals surface area contributed by atoms with E-state index in [0.717, 1.165) is 12.0 Å².